The fraction of sp³-hybridized carbons (Fsp3) is 0.692. The Hall–Kier alpha value is -1.36. The van der Waals surface area contributed by atoms with Crippen LogP contribution in [0.15, 0.2) is 12.2 Å². The molecule has 0 aliphatic heterocycles. The Morgan fingerprint density at radius 3 is 2.22 bits per heavy atom. The summed E-state index contributed by atoms with van der Waals surface area (Å²) in [5.74, 6) is -4.08. The first kappa shape index (κ1) is 16.6. The van der Waals surface area contributed by atoms with Crippen molar-refractivity contribution in [2.24, 2.45) is 5.92 Å². The van der Waals surface area contributed by atoms with Crippen LogP contribution in [0.4, 0.5) is 0 Å². The molecule has 0 bridgehead atoms. The molecule has 5 heteroatoms. The summed E-state index contributed by atoms with van der Waals surface area (Å²) < 4.78 is 0. The van der Waals surface area contributed by atoms with Gasteiger partial charge in [0.15, 0.2) is 6.10 Å². The Kier molecular flexibility index (Phi) is 8.92. The lowest BCUT2D eigenvalue weighted by molar-refractivity contribution is -0.159. The number of carboxylic acid groups (broad SMARTS) is 2. The maximum absolute atomic E-state index is 10.8. The van der Waals surface area contributed by atoms with E-state index in [1.54, 1.807) is 6.08 Å². The summed E-state index contributed by atoms with van der Waals surface area (Å²) in [4.78, 5) is 21.3. The van der Waals surface area contributed by atoms with E-state index in [1.807, 2.05) is 6.08 Å². The van der Waals surface area contributed by atoms with E-state index in [0.29, 0.717) is 0 Å². The summed E-state index contributed by atoms with van der Waals surface area (Å²) in [6.45, 7) is 2.13. The quantitative estimate of drug-likeness (QED) is 0.412. The van der Waals surface area contributed by atoms with E-state index in [1.165, 1.54) is 6.42 Å². The highest BCUT2D eigenvalue weighted by molar-refractivity contribution is 5.81. The number of carbonyl (C=O) groups is 2. The van der Waals surface area contributed by atoms with Gasteiger partial charge < -0.3 is 15.3 Å². The zero-order valence-corrected chi connectivity index (χ0v) is 10.7. The molecule has 0 aromatic heterocycles. The molecule has 0 rings (SSSR count). The smallest absolute Gasteiger partial charge is 0.333 e. The molecule has 18 heavy (non-hydrogen) atoms. The van der Waals surface area contributed by atoms with E-state index in [-0.39, 0.29) is 6.42 Å². The van der Waals surface area contributed by atoms with Gasteiger partial charge in [0.25, 0.3) is 0 Å². The van der Waals surface area contributed by atoms with Crippen molar-refractivity contribution < 1.29 is 24.9 Å². The topological polar surface area (TPSA) is 94.8 Å². The molecule has 0 spiro atoms. The van der Waals surface area contributed by atoms with Crippen LogP contribution in [-0.4, -0.2) is 33.4 Å². The predicted molar refractivity (Wildman–Crippen MR) is 67.3 cm³/mol. The van der Waals surface area contributed by atoms with Gasteiger partial charge in [-0.1, -0.05) is 38.3 Å². The standard InChI is InChI=1S/C13H22O5/c1-2-3-4-5-6-7-8-9-10(12(15)16)11(14)13(17)18/h7-8,10-11,14H,2-6,9H2,1H3,(H,15,16)(H,17,18)/t10-,11+/m1/s1. The lowest BCUT2D eigenvalue weighted by atomic mass is 9.98. The zero-order chi connectivity index (χ0) is 14.0. The van der Waals surface area contributed by atoms with Crippen molar-refractivity contribution in [1.29, 1.82) is 0 Å². The van der Waals surface area contributed by atoms with Crippen LogP contribution >= 0.6 is 0 Å². The second-order valence-corrected chi connectivity index (χ2v) is 4.28. The first-order chi connectivity index (χ1) is 8.50. The van der Waals surface area contributed by atoms with Crippen molar-refractivity contribution in [2.45, 2.75) is 51.6 Å². The maximum atomic E-state index is 10.8. The average Bonchev–Trinajstić information content (AvgIpc) is 2.31. The molecule has 0 saturated heterocycles. The molecule has 0 aliphatic rings. The van der Waals surface area contributed by atoms with E-state index < -0.39 is 24.0 Å². The number of unbranched alkanes of at least 4 members (excludes halogenated alkanes) is 4. The Bertz CT molecular complexity index is 285. The molecule has 5 nitrogen and oxygen atoms in total. The van der Waals surface area contributed by atoms with Gasteiger partial charge in [0.05, 0.1) is 5.92 Å². The summed E-state index contributed by atoms with van der Waals surface area (Å²) in [5.41, 5.74) is 0. The first-order valence-electron chi connectivity index (χ1n) is 6.29. The number of rotatable bonds is 10. The Morgan fingerprint density at radius 1 is 1.06 bits per heavy atom. The number of hydrogen-bond acceptors (Lipinski definition) is 3. The van der Waals surface area contributed by atoms with E-state index in [0.717, 1.165) is 25.7 Å². The summed E-state index contributed by atoms with van der Waals surface area (Å²) in [5, 5.41) is 26.6. The van der Waals surface area contributed by atoms with Crippen LogP contribution < -0.4 is 0 Å². The van der Waals surface area contributed by atoms with Gasteiger partial charge >= 0.3 is 11.9 Å². The van der Waals surface area contributed by atoms with E-state index in [4.69, 9.17) is 10.2 Å². The molecule has 3 N–H and O–H groups in total. The van der Waals surface area contributed by atoms with Crippen LogP contribution in [0.5, 0.6) is 0 Å². The monoisotopic (exact) mass is 258 g/mol. The highest BCUT2D eigenvalue weighted by atomic mass is 16.4. The van der Waals surface area contributed by atoms with Gasteiger partial charge in [-0.3, -0.25) is 4.79 Å². The van der Waals surface area contributed by atoms with Gasteiger partial charge in [0.1, 0.15) is 0 Å². The van der Waals surface area contributed by atoms with Crippen molar-refractivity contribution >= 4 is 11.9 Å². The minimum absolute atomic E-state index is 0.0383. The molecule has 104 valence electrons. The third kappa shape index (κ3) is 7.06. The normalized spacial score (nSPS) is 14.6. The summed E-state index contributed by atoms with van der Waals surface area (Å²) in [6.07, 6.45) is 7.05. The molecule has 0 unspecified atom stereocenters. The van der Waals surface area contributed by atoms with Crippen molar-refractivity contribution in [1.82, 2.24) is 0 Å². The molecule has 0 aromatic rings. The number of allylic oxidation sites excluding steroid dienone is 2. The fourth-order valence-corrected chi connectivity index (χ4v) is 1.59. The number of aliphatic hydroxyl groups excluding tert-OH is 1. The van der Waals surface area contributed by atoms with Crippen molar-refractivity contribution in [3.8, 4) is 0 Å². The third-order valence-electron chi connectivity index (χ3n) is 2.73. The largest absolute Gasteiger partial charge is 0.481 e. The van der Waals surface area contributed by atoms with Gasteiger partial charge in [-0.05, 0) is 19.3 Å². The second-order valence-electron chi connectivity index (χ2n) is 4.28. The highest BCUT2D eigenvalue weighted by Gasteiger charge is 2.30. The number of carboxylic acids is 2. The minimum atomic E-state index is -1.85. The van der Waals surface area contributed by atoms with Crippen LogP contribution in [0.1, 0.15) is 45.4 Å². The molecule has 0 radical (unpaired) electrons. The first-order valence-corrected chi connectivity index (χ1v) is 6.29. The van der Waals surface area contributed by atoms with E-state index in [2.05, 4.69) is 6.92 Å². The molecule has 0 amide bonds. The summed E-state index contributed by atoms with van der Waals surface area (Å²) in [7, 11) is 0. The van der Waals surface area contributed by atoms with Crippen LogP contribution in [0.3, 0.4) is 0 Å². The fourth-order valence-electron chi connectivity index (χ4n) is 1.59. The maximum Gasteiger partial charge on any atom is 0.333 e. The van der Waals surface area contributed by atoms with Crippen LogP contribution in [-0.2, 0) is 9.59 Å². The zero-order valence-electron chi connectivity index (χ0n) is 10.7. The van der Waals surface area contributed by atoms with Gasteiger partial charge in [-0.15, -0.1) is 0 Å². The molecule has 0 aliphatic carbocycles. The minimum Gasteiger partial charge on any atom is -0.481 e. The number of hydrogen-bond donors (Lipinski definition) is 3. The Balaban J connectivity index is 4.01. The van der Waals surface area contributed by atoms with Crippen LogP contribution in [0, 0.1) is 5.92 Å². The van der Waals surface area contributed by atoms with E-state index >= 15 is 0 Å². The lowest BCUT2D eigenvalue weighted by Crippen LogP contribution is -2.34. The molecule has 0 fully saturated rings. The van der Waals surface area contributed by atoms with Gasteiger partial charge in [-0.25, -0.2) is 4.79 Å². The Morgan fingerprint density at radius 2 is 1.72 bits per heavy atom. The molecule has 0 saturated carbocycles. The van der Waals surface area contributed by atoms with Gasteiger partial charge in [0.2, 0.25) is 0 Å². The van der Waals surface area contributed by atoms with Crippen molar-refractivity contribution in [3.63, 3.8) is 0 Å². The lowest BCUT2D eigenvalue weighted by Gasteiger charge is -2.13. The second kappa shape index (κ2) is 9.65. The predicted octanol–water partition coefficient (Wildman–Crippen LogP) is 2.05. The SMILES string of the molecule is CCCCCCC=CC[C@@H](C(=O)O)[C@H](O)C(=O)O. The van der Waals surface area contributed by atoms with Crippen LogP contribution in [0.2, 0.25) is 0 Å². The molecular formula is C13H22O5. The van der Waals surface area contributed by atoms with Crippen LogP contribution in [0.25, 0.3) is 0 Å². The van der Waals surface area contributed by atoms with Gasteiger partial charge in [0, 0.05) is 0 Å². The molecule has 0 aromatic carbocycles. The number of aliphatic carboxylic acids is 2. The Labute approximate surface area is 107 Å². The molecule has 0 heterocycles. The summed E-state index contributed by atoms with van der Waals surface area (Å²) >= 11 is 0. The average molecular weight is 258 g/mol. The van der Waals surface area contributed by atoms with Crippen molar-refractivity contribution in [3.05, 3.63) is 12.2 Å². The van der Waals surface area contributed by atoms with Gasteiger partial charge in [-0.2, -0.15) is 0 Å². The number of aliphatic hydroxyl groups is 1. The molecule has 2 atom stereocenters. The van der Waals surface area contributed by atoms with E-state index in [9.17, 15) is 14.7 Å². The third-order valence-corrected chi connectivity index (χ3v) is 2.73. The van der Waals surface area contributed by atoms with Crippen molar-refractivity contribution in [2.75, 3.05) is 0 Å². The summed E-state index contributed by atoms with van der Waals surface area (Å²) in [6, 6.07) is 0. The molecular weight excluding hydrogens is 236 g/mol. The highest BCUT2D eigenvalue weighted by Crippen LogP contribution is 2.12.